The summed E-state index contributed by atoms with van der Waals surface area (Å²) in [7, 11) is 0. The van der Waals surface area contributed by atoms with Gasteiger partial charge in [0.15, 0.2) is 0 Å². The molecule has 0 unspecified atom stereocenters. The molecule has 0 N–H and O–H groups in total. The minimum Gasteiger partial charge on any atom is -0.309 e. The van der Waals surface area contributed by atoms with Crippen LogP contribution in [0.5, 0.6) is 0 Å². The van der Waals surface area contributed by atoms with Crippen LogP contribution in [0.4, 0.5) is 0 Å². The van der Waals surface area contributed by atoms with Crippen molar-refractivity contribution in [2.45, 2.75) is 0 Å². The molecule has 8 aromatic carbocycles. The van der Waals surface area contributed by atoms with Gasteiger partial charge in [-0.1, -0.05) is 121 Å². The van der Waals surface area contributed by atoms with Gasteiger partial charge in [0.2, 0.25) is 0 Å². The highest BCUT2D eigenvalue weighted by atomic mass is 15.0. The third-order valence-electron chi connectivity index (χ3n) is 10.6. The first-order chi connectivity index (χ1) is 25.3. The molecular weight excluding hydrogens is 619 g/mol. The topological polar surface area (TPSA) is 14.8 Å². The number of nitrogens with zero attached hydrogens (tertiary/aromatic N) is 3. The highest BCUT2D eigenvalue weighted by Crippen LogP contribution is 2.41. The van der Waals surface area contributed by atoms with Crippen LogP contribution >= 0.6 is 0 Å². The van der Waals surface area contributed by atoms with Crippen LogP contribution in [0.15, 0.2) is 188 Å². The first kappa shape index (κ1) is 28.0. The van der Waals surface area contributed by atoms with E-state index in [4.69, 9.17) is 0 Å². The molecule has 3 heterocycles. The maximum Gasteiger partial charge on any atom is 0.0562 e. The number of fused-ring (bicyclic) bond motifs is 9. The number of aromatic nitrogens is 3. The predicted molar refractivity (Wildman–Crippen MR) is 215 cm³/mol. The van der Waals surface area contributed by atoms with E-state index < -0.39 is 0 Å². The van der Waals surface area contributed by atoms with E-state index >= 15 is 0 Å². The Labute approximate surface area is 294 Å². The van der Waals surface area contributed by atoms with Gasteiger partial charge in [-0.2, -0.15) is 0 Å². The quantitative estimate of drug-likeness (QED) is 0.180. The largest absolute Gasteiger partial charge is 0.309 e. The zero-order valence-corrected chi connectivity index (χ0v) is 27.7. The molecule has 3 heteroatoms. The average Bonchev–Trinajstić information content (AvgIpc) is 3.82. The molecule has 238 valence electrons. The van der Waals surface area contributed by atoms with Crippen LogP contribution in [0.1, 0.15) is 0 Å². The average molecular weight is 650 g/mol. The minimum atomic E-state index is 1.14. The molecule has 0 aliphatic carbocycles. The fraction of sp³-hybridized carbons (Fsp3) is 0. The van der Waals surface area contributed by atoms with E-state index in [1.165, 1.54) is 76.5 Å². The van der Waals surface area contributed by atoms with Crippen LogP contribution < -0.4 is 0 Å². The Kier molecular flexibility index (Phi) is 5.96. The van der Waals surface area contributed by atoms with Crippen molar-refractivity contribution in [1.29, 1.82) is 0 Å². The first-order valence-electron chi connectivity index (χ1n) is 17.5. The van der Waals surface area contributed by atoms with Crippen molar-refractivity contribution < 1.29 is 0 Å². The fourth-order valence-electron chi connectivity index (χ4n) is 8.40. The lowest BCUT2D eigenvalue weighted by Gasteiger charge is -2.12. The van der Waals surface area contributed by atoms with Gasteiger partial charge in [-0.05, 0) is 77.9 Å². The van der Waals surface area contributed by atoms with Gasteiger partial charge in [0.25, 0.3) is 0 Å². The summed E-state index contributed by atoms with van der Waals surface area (Å²) in [4.78, 5) is 0. The Morgan fingerprint density at radius 2 is 0.647 bits per heavy atom. The van der Waals surface area contributed by atoms with Crippen molar-refractivity contribution in [3.05, 3.63) is 188 Å². The molecule has 0 bridgehead atoms. The molecule has 0 fully saturated rings. The summed E-state index contributed by atoms with van der Waals surface area (Å²) >= 11 is 0. The summed E-state index contributed by atoms with van der Waals surface area (Å²) in [5.74, 6) is 0. The van der Waals surface area contributed by atoms with Gasteiger partial charge >= 0.3 is 0 Å². The van der Waals surface area contributed by atoms with Crippen molar-refractivity contribution in [2.75, 3.05) is 0 Å². The predicted octanol–water partition coefficient (Wildman–Crippen LogP) is 12.6. The second kappa shape index (κ2) is 10.8. The summed E-state index contributed by atoms with van der Waals surface area (Å²) in [6.45, 7) is 0. The van der Waals surface area contributed by atoms with E-state index in [1.54, 1.807) is 0 Å². The van der Waals surface area contributed by atoms with Crippen LogP contribution in [-0.2, 0) is 0 Å². The standard InChI is InChI=1S/C48H31N3/c1-3-14-32(15-4-1)33-16-13-19-35(28-33)50-44-24-11-8-21-38(44)41-30-42-39-22-9-12-25-45(39)51(48(42)31-47(41)50)36-26-27-40-37-20-7-10-23-43(37)49(46(40)29-36)34-17-5-2-6-18-34/h1-31H. The van der Waals surface area contributed by atoms with E-state index in [0.717, 1.165) is 17.1 Å². The SMILES string of the molecule is c1ccc(-c2cccc(-n3c4ccccc4c4cc5c6ccccc6n(-c6ccc7c8ccccc8n(-c8ccccc8)c7c6)c5cc43)c2)cc1. The van der Waals surface area contributed by atoms with Crippen LogP contribution in [0.3, 0.4) is 0 Å². The van der Waals surface area contributed by atoms with Gasteiger partial charge in [0.05, 0.1) is 33.1 Å². The maximum atomic E-state index is 2.46. The lowest BCUT2D eigenvalue weighted by atomic mass is 10.1. The van der Waals surface area contributed by atoms with E-state index in [9.17, 15) is 0 Å². The van der Waals surface area contributed by atoms with Crippen molar-refractivity contribution in [3.63, 3.8) is 0 Å². The molecule has 11 aromatic rings. The summed E-state index contributed by atoms with van der Waals surface area (Å²) in [5, 5.41) is 7.52. The molecule has 3 nitrogen and oxygen atoms in total. The van der Waals surface area contributed by atoms with Crippen molar-refractivity contribution in [3.8, 4) is 28.2 Å². The molecule has 0 aliphatic rings. The van der Waals surface area contributed by atoms with Crippen molar-refractivity contribution >= 4 is 65.4 Å². The minimum absolute atomic E-state index is 1.14. The van der Waals surface area contributed by atoms with Crippen LogP contribution in [-0.4, -0.2) is 13.7 Å². The summed E-state index contributed by atoms with van der Waals surface area (Å²) in [6.07, 6.45) is 0. The number of rotatable bonds is 4. The van der Waals surface area contributed by atoms with Gasteiger partial charge in [-0.3, -0.25) is 0 Å². The Morgan fingerprint density at radius 1 is 0.216 bits per heavy atom. The Morgan fingerprint density at radius 3 is 1.27 bits per heavy atom. The molecule has 51 heavy (non-hydrogen) atoms. The highest BCUT2D eigenvalue weighted by Gasteiger charge is 2.20. The molecular formula is C48H31N3. The molecule has 0 radical (unpaired) electrons. The molecule has 3 aromatic heterocycles. The van der Waals surface area contributed by atoms with Gasteiger partial charge in [-0.15, -0.1) is 0 Å². The van der Waals surface area contributed by atoms with Gasteiger partial charge in [0.1, 0.15) is 0 Å². The second-order valence-corrected chi connectivity index (χ2v) is 13.4. The Hall–Kier alpha value is -6.84. The fourth-order valence-corrected chi connectivity index (χ4v) is 8.40. The molecule has 0 saturated heterocycles. The van der Waals surface area contributed by atoms with Gasteiger partial charge < -0.3 is 13.7 Å². The van der Waals surface area contributed by atoms with Crippen LogP contribution in [0.2, 0.25) is 0 Å². The number of hydrogen-bond acceptors (Lipinski definition) is 0. The van der Waals surface area contributed by atoms with E-state index in [1.807, 2.05) is 0 Å². The smallest absolute Gasteiger partial charge is 0.0562 e. The van der Waals surface area contributed by atoms with Crippen LogP contribution in [0.25, 0.3) is 93.6 Å². The Bertz CT molecular complexity index is 3120. The van der Waals surface area contributed by atoms with E-state index in [2.05, 4.69) is 202 Å². The first-order valence-corrected chi connectivity index (χ1v) is 17.5. The Balaban J connectivity index is 1.22. The third-order valence-corrected chi connectivity index (χ3v) is 10.6. The van der Waals surface area contributed by atoms with E-state index in [0.29, 0.717) is 0 Å². The number of benzene rings is 8. The maximum absolute atomic E-state index is 2.46. The normalized spacial score (nSPS) is 11.9. The zero-order chi connectivity index (χ0) is 33.5. The lowest BCUT2D eigenvalue weighted by molar-refractivity contribution is 1.15. The summed E-state index contributed by atoms with van der Waals surface area (Å²) in [5.41, 5.74) is 13.1. The van der Waals surface area contributed by atoms with Crippen molar-refractivity contribution in [1.82, 2.24) is 13.7 Å². The molecule has 0 aliphatic heterocycles. The highest BCUT2D eigenvalue weighted by molar-refractivity contribution is 6.19. The van der Waals surface area contributed by atoms with Gasteiger partial charge in [0, 0.05) is 49.4 Å². The number of hydrogen-bond donors (Lipinski definition) is 0. The third kappa shape index (κ3) is 4.12. The van der Waals surface area contributed by atoms with Gasteiger partial charge in [-0.25, -0.2) is 0 Å². The lowest BCUT2D eigenvalue weighted by Crippen LogP contribution is -1.97. The van der Waals surface area contributed by atoms with Crippen molar-refractivity contribution in [2.24, 2.45) is 0 Å². The molecule has 0 saturated carbocycles. The van der Waals surface area contributed by atoms with Crippen LogP contribution in [0, 0.1) is 0 Å². The summed E-state index contributed by atoms with van der Waals surface area (Å²) < 4.78 is 7.30. The molecule has 0 spiro atoms. The second-order valence-electron chi connectivity index (χ2n) is 13.4. The molecule has 0 atom stereocenters. The molecule has 11 rings (SSSR count). The zero-order valence-electron chi connectivity index (χ0n) is 27.7. The molecule has 0 amide bonds. The van der Waals surface area contributed by atoms with E-state index in [-0.39, 0.29) is 0 Å². The number of para-hydroxylation sites is 4. The summed E-state index contributed by atoms with van der Waals surface area (Å²) in [6, 6.07) is 68.5. The monoisotopic (exact) mass is 649 g/mol.